The van der Waals surface area contributed by atoms with Crippen LogP contribution in [0.15, 0.2) is 18.3 Å². The summed E-state index contributed by atoms with van der Waals surface area (Å²) in [5, 5.41) is 8.88. The number of methoxy groups -OCH3 is 1. The first kappa shape index (κ1) is 13.8. The quantitative estimate of drug-likeness (QED) is 0.878. The number of carboxylic acids is 1. The summed E-state index contributed by atoms with van der Waals surface area (Å²) >= 11 is 0. The molecule has 1 aromatic heterocycles. The first-order chi connectivity index (χ1) is 9.19. The van der Waals surface area contributed by atoms with E-state index < -0.39 is 5.97 Å². The van der Waals surface area contributed by atoms with Gasteiger partial charge in [-0.15, -0.1) is 0 Å². The topological polar surface area (TPSA) is 62.7 Å². The fraction of sp³-hybridized carbons (Fsp3) is 0.571. The molecule has 5 heteroatoms. The molecule has 0 spiro atoms. The number of carboxylic acid groups (broad SMARTS) is 1. The van der Waals surface area contributed by atoms with Gasteiger partial charge in [0, 0.05) is 31.3 Å². The summed E-state index contributed by atoms with van der Waals surface area (Å²) in [6.07, 6.45) is 4.04. The Morgan fingerprint density at radius 1 is 1.63 bits per heavy atom. The Morgan fingerprint density at radius 3 is 3.21 bits per heavy atom. The highest BCUT2D eigenvalue weighted by Gasteiger charge is 2.22. The molecule has 1 aromatic rings. The molecule has 0 radical (unpaired) electrons. The lowest BCUT2D eigenvalue weighted by molar-refractivity contribution is -0.138. The molecule has 1 fully saturated rings. The van der Waals surface area contributed by atoms with Gasteiger partial charge in [0.25, 0.3) is 0 Å². The predicted octanol–water partition coefficient (Wildman–Crippen LogP) is 1.78. The average Bonchev–Trinajstić information content (AvgIpc) is 2.39. The van der Waals surface area contributed by atoms with Crippen molar-refractivity contribution in [2.75, 3.05) is 20.2 Å². The molecule has 5 nitrogen and oxygen atoms in total. The third kappa shape index (κ3) is 3.92. The second kappa shape index (κ2) is 6.52. The van der Waals surface area contributed by atoms with Gasteiger partial charge < -0.3 is 9.84 Å². The monoisotopic (exact) mass is 264 g/mol. The fourth-order valence-corrected chi connectivity index (χ4v) is 2.68. The lowest BCUT2D eigenvalue weighted by Gasteiger charge is -2.32. The maximum atomic E-state index is 10.8. The Bertz CT molecular complexity index is 436. The lowest BCUT2D eigenvalue weighted by Crippen LogP contribution is -2.35. The van der Waals surface area contributed by atoms with Gasteiger partial charge in [0.15, 0.2) is 0 Å². The Hall–Kier alpha value is -1.62. The smallest absolute Gasteiger partial charge is 0.303 e. The standard InChI is InChI=1S/C14H20N2O3/c1-19-14-12(5-2-6-15-14)10-16-7-3-4-11(9-16)8-13(17)18/h2,5-6,11H,3-4,7-10H2,1H3,(H,17,18). The molecule has 0 aliphatic carbocycles. The average molecular weight is 264 g/mol. The molecule has 0 bridgehead atoms. The fourth-order valence-electron chi connectivity index (χ4n) is 2.68. The molecular weight excluding hydrogens is 244 g/mol. The molecule has 19 heavy (non-hydrogen) atoms. The summed E-state index contributed by atoms with van der Waals surface area (Å²) in [5.74, 6) is 0.211. The van der Waals surface area contributed by atoms with Crippen LogP contribution < -0.4 is 4.74 Å². The first-order valence-electron chi connectivity index (χ1n) is 6.61. The first-order valence-corrected chi connectivity index (χ1v) is 6.61. The zero-order chi connectivity index (χ0) is 13.7. The molecule has 104 valence electrons. The normalized spacial score (nSPS) is 20.2. The van der Waals surface area contributed by atoms with Gasteiger partial charge in [0.1, 0.15) is 0 Å². The molecular formula is C14H20N2O3. The number of likely N-dealkylation sites (tertiary alicyclic amines) is 1. The number of hydrogen-bond donors (Lipinski definition) is 1. The second-order valence-corrected chi connectivity index (χ2v) is 5.01. The number of aromatic nitrogens is 1. The van der Waals surface area contributed by atoms with Gasteiger partial charge in [-0.05, 0) is 31.4 Å². The summed E-state index contributed by atoms with van der Waals surface area (Å²) in [4.78, 5) is 17.3. The highest BCUT2D eigenvalue weighted by Crippen LogP contribution is 2.23. The largest absolute Gasteiger partial charge is 0.481 e. The van der Waals surface area contributed by atoms with Crippen LogP contribution >= 0.6 is 0 Å². The summed E-state index contributed by atoms with van der Waals surface area (Å²) in [7, 11) is 1.62. The zero-order valence-corrected chi connectivity index (χ0v) is 11.2. The van der Waals surface area contributed by atoms with Crippen molar-refractivity contribution in [1.29, 1.82) is 0 Å². The number of hydrogen-bond acceptors (Lipinski definition) is 4. The molecule has 2 rings (SSSR count). The lowest BCUT2D eigenvalue weighted by atomic mass is 9.94. The number of nitrogens with zero attached hydrogens (tertiary/aromatic N) is 2. The third-order valence-electron chi connectivity index (χ3n) is 3.50. The second-order valence-electron chi connectivity index (χ2n) is 5.01. The van der Waals surface area contributed by atoms with Crippen LogP contribution in [0.2, 0.25) is 0 Å². The molecule has 2 heterocycles. The van der Waals surface area contributed by atoms with E-state index in [1.807, 2.05) is 12.1 Å². The molecule has 0 saturated carbocycles. The predicted molar refractivity (Wildman–Crippen MR) is 71.0 cm³/mol. The Balaban J connectivity index is 1.96. The number of piperidine rings is 1. The van der Waals surface area contributed by atoms with Gasteiger partial charge in [0.05, 0.1) is 7.11 Å². The van der Waals surface area contributed by atoms with E-state index in [2.05, 4.69) is 9.88 Å². The van der Waals surface area contributed by atoms with Gasteiger partial charge in [-0.3, -0.25) is 9.69 Å². The summed E-state index contributed by atoms with van der Waals surface area (Å²) < 4.78 is 5.25. The van der Waals surface area contributed by atoms with Gasteiger partial charge in [-0.25, -0.2) is 4.98 Å². The minimum absolute atomic E-state index is 0.258. The number of aliphatic carboxylic acids is 1. The maximum absolute atomic E-state index is 10.8. The minimum Gasteiger partial charge on any atom is -0.481 e. The van der Waals surface area contributed by atoms with E-state index in [1.54, 1.807) is 13.3 Å². The van der Waals surface area contributed by atoms with Crippen molar-refractivity contribution in [1.82, 2.24) is 9.88 Å². The van der Waals surface area contributed by atoms with Crippen LogP contribution in [0.1, 0.15) is 24.8 Å². The molecule has 0 aromatic carbocycles. The molecule has 0 amide bonds. The summed E-state index contributed by atoms with van der Waals surface area (Å²) in [6, 6.07) is 3.91. The van der Waals surface area contributed by atoms with Gasteiger partial charge in [-0.2, -0.15) is 0 Å². The van der Waals surface area contributed by atoms with Crippen molar-refractivity contribution in [2.45, 2.75) is 25.8 Å². The zero-order valence-electron chi connectivity index (χ0n) is 11.2. The summed E-state index contributed by atoms with van der Waals surface area (Å²) in [6.45, 7) is 2.62. The number of rotatable bonds is 5. The molecule has 1 N–H and O–H groups in total. The number of pyridine rings is 1. The molecule has 1 unspecified atom stereocenters. The van der Waals surface area contributed by atoms with E-state index in [9.17, 15) is 4.79 Å². The van der Waals surface area contributed by atoms with E-state index >= 15 is 0 Å². The highest BCUT2D eigenvalue weighted by molar-refractivity contribution is 5.67. The van der Waals surface area contributed by atoms with Gasteiger partial charge in [0.2, 0.25) is 5.88 Å². The molecule has 1 atom stereocenters. The van der Waals surface area contributed by atoms with Crippen LogP contribution in [-0.2, 0) is 11.3 Å². The van der Waals surface area contributed by atoms with E-state index in [0.717, 1.165) is 38.0 Å². The van der Waals surface area contributed by atoms with Gasteiger partial charge >= 0.3 is 5.97 Å². The Kier molecular flexibility index (Phi) is 4.74. The number of carbonyl (C=O) groups is 1. The molecule has 1 aliphatic rings. The van der Waals surface area contributed by atoms with Crippen LogP contribution in [0.25, 0.3) is 0 Å². The van der Waals surface area contributed by atoms with Crippen molar-refractivity contribution in [3.05, 3.63) is 23.9 Å². The van der Waals surface area contributed by atoms with Crippen LogP contribution in [0.3, 0.4) is 0 Å². The van der Waals surface area contributed by atoms with E-state index in [1.165, 1.54) is 0 Å². The van der Waals surface area contributed by atoms with Crippen molar-refractivity contribution < 1.29 is 14.6 Å². The minimum atomic E-state index is -0.703. The van der Waals surface area contributed by atoms with Crippen molar-refractivity contribution in [2.24, 2.45) is 5.92 Å². The van der Waals surface area contributed by atoms with Gasteiger partial charge in [-0.1, -0.05) is 6.07 Å². The van der Waals surface area contributed by atoms with E-state index in [4.69, 9.17) is 9.84 Å². The molecule has 1 saturated heterocycles. The van der Waals surface area contributed by atoms with Crippen LogP contribution in [0.5, 0.6) is 5.88 Å². The van der Waals surface area contributed by atoms with Crippen molar-refractivity contribution in [3.63, 3.8) is 0 Å². The van der Waals surface area contributed by atoms with Crippen LogP contribution in [-0.4, -0.2) is 41.2 Å². The van der Waals surface area contributed by atoms with E-state index in [-0.39, 0.29) is 12.3 Å². The van der Waals surface area contributed by atoms with Crippen LogP contribution in [0, 0.1) is 5.92 Å². The number of ether oxygens (including phenoxy) is 1. The third-order valence-corrected chi connectivity index (χ3v) is 3.50. The van der Waals surface area contributed by atoms with Crippen molar-refractivity contribution >= 4 is 5.97 Å². The SMILES string of the molecule is COc1ncccc1CN1CCCC(CC(=O)O)C1. The maximum Gasteiger partial charge on any atom is 0.303 e. The molecule has 1 aliphatic heterocycles. The van der Waals surface area contributed by atoms with Crippen molar-refractivity contribution in [3.8, 4) is 5.88 Å². The Labute approximate surface area is 113 Å². The highest BCUT2D eigenvalue weighted by atomic mass is 16.5. The Morgan fingerprint density at radius 2 is 2.47 bits per heavy atom. The van der Waals surface area contributed by atoms with Crippen LogP contribution in [0.4, 0.5) is 0 Å². The summed E-state index contributed by atoms with van der Waals surface area (Å²) in [5.41, 5.74) is 1.06. The van der Waals surface area contributed by atoms with E-state index in [0.29, 0.717) is 5.88 Å².